The Kier molecular flexibility index (Phi) is 9.85. The molecule has 110 valence electrons. The zero-order valence-electron chi connectivity index (χ0n) is 12.5. The van der Waals surface area contributed by atoms with Gasteiger partial charge in [-0.2, -0.15) is 0 Å². The number of ether oxygens (including phenoxy) is 2. The second kappa shape index (κ2) is 10.6. The first-order chi connectivity index (χ1) is 8.99. The number of rotatable bonds is 9. The lowest BCUT2D eigenvalue weighted by molar-refractivity contribution is -0.153. The van der Waals surface area contributed by atoms with Crippen molar-refractivity contribution < 1.29 is 19.1 Å². The minimum Gasteiger partial charge on any atom is -0.462 e. The molecule has 0 aliphatic carbocycles. The first kappa shape index (κ1) is 17.7. The van der Waals surface area contributed by atoms with Crippen molar-refractivity contribution in [1.82, 2.24) is 0 Å². The molecule has 0 saturated heterocycles. The van der Waals surface area contributed by atoms with Gasteiger partial charge < -0.3 is 9.47 Å². The Bertz CT molecular complexity index is 303. The topological polar surface area (TPSA) is 52.6 Å². The summed E-state index contributed by atoms with van der Waals surface area (Å²) in [5.74, 6) is -0.683. The van der Waals surface area contributed by atoms with Crippen molar-refractivity contribution in [3.8, 4) is 0 Å². The summed E-state index contributed by atoms with van der Waals surface area (Å²) in [4.78, 5) is 22.9. The Morgan fingerprint density at radius 1 is 1.11 bits per heavy atom. The standard InChI is InChI=1S/C15H26O4/c1-5-7-13(6-2)19-15(17)9-8-14(16)18-11-10-12(3)4/h10,13H,5-9,11H2,1-4H3. The van der Waals surface area contributed by atoms with Crippen LogP contribution in [-0.4, -0.2) is 24.6 Å². The van der Waals surface area contributed by atoms with Gasteiger partial charge in [0.25, 0.3) is 0 Å². The molecule has 0 bridgehead atoms. The van der Waals surface area contributed by atoms with Crippen molar-refractivity contribution in [3.63, 3.8) is 0 Å². The molecule has 0 aromatic heterocycles. The van der Waals surface area contributed by atoms with Gasteiger partial charge in [0.05, 0.1) is 12.8 Å². The molecule has 0 heterocycles. The molecule has 0 aliphatic rings. The van der Waals surface area contributed by atoms with Gasteiger partial charge >= 0.3 is 11.9 Å². The zero-order valence-corrected chi connectivity index (χ0v) is 12.5. The summed E-state index contributed by atoms with van der Waals surface area (Å²) in [6.07, 6.45) is 4.63. The molecule has 0 N–H and O–H groups in total. The summed E-state index contributed by atoms with van der Waals surface area (Å²) in [6, 6.07) is 0. The molecule has 4 nitrogen and oxygen atoms in total. The molecule has 4 heteroatoms. The van der Waals surface area contributed by atoms with Crippen LogP contribution in [0.1, 0.15) is 59.8 Å². The number of carbonyl (C=O) groups excluding carboxylic acids is 2. The third kappa shape index (κ3) is 10.3. The van der Waals surface area contributed by atoms with Crippen LogP contribution in [0.25, 0.3) is 0 Å². The van der Waals surface area contributed by atoms with Crippen LogP contribution in [0.15, 0.2) is 11.6 Å². The van der Waals surface area contributed by atoms with Gasteiger partial charge in [-0.15, -0.1) is 0 Å². The molecule has 0 saturated carbocycles. The molecule has 0 aliphatic heterocycles. The predicted octanol–water partition coefficient (Wildman–Crippen LogP) is 3.40. The van der Waals surface area contributed by atoms with Crippen LogP contribution >= 0.6 is 0 Å². The highest BCUT2D eigenvalue weighted by molar-refractivity contribution is 5.77. The minimum absolute atomic E-state index is 0.0285. The first-order valence-corrected chi connectivity index (χ1v) is 6.98. The van der Waals surface area contributed by atoms with E-state index in [-0.39, 0.29) is 37.5 Å². The van der Waals surface area contributed by atoms with Crippen molar-refractivity contribution in [1.29, 1.82) is 0 Å². The van der Waals surface area contributed by atoms with Crippen LogP contribution in [-0.2, 0) is 19.1 Å². The summed E-state index contributed by atoms with van der Waals surface area (Å²) >= 11 is 0. The van der Waals surface area contributed by atoms with Gasteiger partial charge in [-0.1, -0.05) is 25.8 Å². The van der Waals surface area contributed by atoms with Gasteiger partial charge in [0.1, 0.15) is 12.7 Å². The average Bonchev–Trinajstić information content (AvgIpc) is 2.35. The Hall–Kier alpha value is -1.32. The van der Waals surface area contributed by atoms with E-state index in [2.05, 4.69) is 6.92 Å². The molecule has 0 fully saturated rings. The van der Waals surface area contributed by atoms with Gasteiger partial charge in [-0.3, -0.25) is 9.59 Å². The SMILES string of the molecule is CCCC(CC)OC(=O)CCC(=O)OCC=C(C)C. The van der Waals surface area contributed by atoms with E-state index in [4.69, 9.17) is 9.47 Å². The Morgan fingerprint density at radius 3 is 2.26 bits per heavy atom. The van der Waals surface area contributed by atoms with Crippen LogP contribution in [0.5, 0.6) is 0 Å². The maximum absolute atomic E-state index is 11.5. The van der Waals surface area contributed by atoms with E-state index in [9.17, 15) is 9.59 Å². The van der Waals surface area contributed by atoms with E-state index < -0.39 is 0 Å². The lowest BCUT2D eigenvalue weighted by atomic mass is 10.1. The largest absolute Gasteiger partial charge is 0.462 e. The molecular weight excluding hydrogens is 244 g/mol. The molecule has 0 amide bonds. The minimum atomic E-state index is -0.363. The summed E-state index contributed by atoms with van der Waals surface area (Å²) in [6.45, 7) is 8.18. The number of hydrogen-bond acceptors (Lipinski definition) is 4. The van der Waals surface area contributed by atoms with Crippen LogP contribution in [0.3, 0.4) is 0 Å². The summed E-state index contributed by atoms with van der Waals surface area (Å²) in [5, 5.41) is 0. The molecule has 0 aromatic rings. The maximum atomic E-state index is 11.5. The molecule has 0 aromatic carbocycles. The first-order valence-electron chi connectivity index (χ1n) is 6.98. The van der Waals surface area contributed by atoms with E-state index in [1.165, 1.54) is 0 Å². The summed E-state index contributed by atoms with van der Waals surface area (Å²) in [7, 11) is 0. The van der Waals surface area contributed by atoms with E-state index in [0.717, 1.165) is 24.8 Å². The fourth-order valence-corrected chi connectivity index (χ4v) is 1.49. The molecule has 1 atom stereocenters. The highest BCUT2D eigenvalue weighted by Gasteiger charge is 2.13. The number of allylic oxidation sites excluding steroid dienone is 1. The molecule has 0 radical (unpaired) electrons. The maximum Gasteiger partial charge on any atom is 0.306 e. The lowest BCUT2D eigenvalue weighted by Gasteiger charge is -2.14. The van der Waals surface area contributed by atoms with Crippen LogP contribution in [0.2, 0.25) is 0 Å². The Balaban J connectivity index is 3.83. The second-order valence-electron chi connectivity index (χ2n) is 4.77. The highest BCUT2D eigenvalue weighted by atomic mass is 16.5. The fourth-order valence-electron chi connectivity index (χ4n) is 1.49. The van der Waals surface area contributed by atoms with Gasteiger partial charge in [-0.05, 0) is 32.8 Å². The quantitative estimate of drug-likeness (QED) is 0.476. The second-order valence-corrected chi connectivity index (χ2v) is 4.77. The Labute approximate surface area is 116 Å². The van der Waals surface area contributed by atoms with Gasteiger partial charge in [0, 0.05) is 0 Å². The Morgan fingerprint density at radius 2 is 1.74 bits per heavy atom. The van der Waals surface area contributed by atoms with Crippen molar-refractivity contribution in [2.75, 3.05) is 6.61 Å². The third-order valence-electron chi connectivity index (χ3n) is 2.63. The average molecular weight is 270 g/mol. The molecular formula is C15H26O4. The van der Waals surface area contributed by atoms with Crippen molar-refractivity contribution in [2.24, 2.45) is 0 Å². The summed E-state index contributed by atoms with van der Waals surface area (Å²) in [5.41, 5.74) is 1.09. The highest BCUT2D eigenvalue weighted by Crippen LogP contribution is 2.08. The van der Waals surface area contributed by atoms with Gasteiger partial charge in [-0.25, -0.2) is 0 Å². The number of carbonyl (C=O) groups is 2. The van der Waals surface area contributed by atoms with E-state index in [0.29, 0.717) is 0 Å². The van der Waals surface area contributed by atoms with E-state index in [1.54, 1.807) is 0 Å². The monoisotopic (exact) mass is 270 g/mol. The molecule has 0 rings (SSSR count). The smallest absolute Gasteiger partial charge is 0.306 e. The van der Waals surface area contributed by atoms with Gasteiger partial charge in [0.2, 0.25) is 0 Å². The van der Waals surface area contributed by atoms with Crippen molar-refractivity contribution in [3.05, 3.63) is 11.6 Å². The fraction of sp³-hybridized carbons (Fsp3) is 0.733. The van der Waals surface area contributed by atoms with Crippen LogP contribution in [0, 0.1) is 0 Å². The lowest BCUT2D eigenvalue weighted by Crippen LogP contribution is -2.18. The van der Waals surface area contributed by atoms with E-state index >= 15 is 0 Å². The third-order valence-corrected chi connectivity index (χ3v) is 2.63. The van der Waals surface area contributed by atoms with Crippen LogP contribution < -0.4 is 0 Å². The number of hydrogen-bond donors (Lipinski definition) is 0. The van der Waals surface area contributed by atoms with Crippen LogP contribution in [0.4, 0.5) is 0 Å². The summed E-state index contributed by atoms with van der Waals surface area (Å²) < 4.78 is 10.2. The molecule has 0 spiro atoms. The molecule has 1 unspecified atom stereocenters. The predicted molar refractivity (Wildman–Crippen MR) is 74.7 cm³/mol. The normalized spacial score (nSPS) is 11.6. The van der Waals surface area contributed by atoms with Gasteiger partial charge in [0.15, 0.2) is 0 Å². The molecule has 19 heavy (non-hydrogen) atoms. The zero-order chi connectivity index (χ0) is 14.7. The van der Waals surface area contributed by atoms with Crippen molar-refractivity contribution >= 4 is 11.9 Å². The van der Waals surface area contributed by atoms with E-state index in [1.807, 2.05) is 26.8 Å². The van der Waals surface area contributed by atoms with Crippen molar-refractivity contribution in [2.45, 2.75) is 65.9 Å². The number of esters is 2.